The van der Waals surface area contributed by atoms with Crippen LogP contribution in [0, 0.1) is 11.8 Å². The van der Waals surface area contributed by atoms with E-state index in [-0.39, 0.29) is 12.0 Å². The van der Waals surface area contributed by atoms with E-state index in [0.717, 1.165) is 38.6 Å². The SMILES string of the molecule is CC(C=O)CC1CCN(C(=O)OC(C)(C)C)CC1. The number of hydrogen-bond acceptors (Lipinski definition) is 3. The molecule has 1 aliphatic rings. The number of carbonyl (C=O) groups excluding carboxylic acids is 2. The van der Waals surface area contributed by atoms with Crippen LogP contribution in [-0.4, -0.2) is 36.0 Å². The summed E-state index contributed by atoms with van der Waals surface area (Å²) in [6, 6.07) is 0. The fraction of sp³-hybridized carbons (Fsp3) is 0.857. The number of hydrogen-bond donors (Lipinski definition) is 0. The van der Waals surface area contributed by atoms with E-state index in [4.69, 9.17) is 4.74 Å². The predicted molar refractivity (Wildman–Crippen MR) is 70.4 cm³/mol. The van der Waals surface area contributed by atoms with Crippen molar-refractivity contribution in [2.75, 3.05) is 13.1 Å². The Balaban J connectivity index is 2.35. The highest BCUT2D eigenvalue weighted by Crippen LogP contribution is 2.24. The van der Waals surface area contributed by atoms with Crippen LogP contribution >= 0.6 is 0 Å². The van der Waals surface area contributed by atoms with Gasteiger partial charge in [0.25, 0.3) is 0 Å². The van der Waals surface area contributed by atoms with E-state index in [0.29, 0.717) is 5.92 Å². The zero-order valence-electron chi connectivity index (χ0n) is 11.9. The second-order valence-electron chi connectivity index (χ2n) is 6.26. The largest absolute Gasteiger partial charge is 0.444 e. The van der Waals surface area contributed by atoms with Gasteiger partial charge >= 0.3 is 6.09 Å². The molecule has 0 spiro atoms. The van der Waals surface area contributed by atoms with Crippen LogP contribution in [-0.2, 0) is 9.53 Å². The Morgan fingerprint density at radius 2 is 1.94 bits per heavy atom. The van der Waals surface area contributed by atoms with Gasteiger partial charge in [0.15, 0.2) is 0 Å². The van der Waals surface area contributed by atoms with E-state index < -0.39 is 5.60 Å². The zero-order valence-corrected chi connectivity index (χ0v) is 11.9. The molecule has 1 fully saturated rings. The van der Waals surface area contributed by atoms with Crippen molar-refractivity contribution >= 4 is 12.4 Å². The minimum absolute atomic E-state index is 0.128. The Hall–Kier alpha value is -1.06. The van der Waals surface area contributed by atoms with Crippen LogP contribution in [0.5, 0.6) is 0 Å². The van der Waals surface area contributed by atoms with E-state index in [1.807, 2.05) is 27.7 Å². The number of piperidine rings is 1. The molecular weight excluding hydrogens is 230 g/mol. The van der Waals surface area contributed by atoms with E-state index in [1.54, 1.807) is 4.90 Å². The quantitative estimate of drug-likeness (QED) is 0.728. The van der Waals surface area contributed by atoms with Crippen LogP contribution in [0.25, 0.3) is 0 Å². The van der Waals surface area contributed by atoms with Crippen molar-refractivity contribution < 1.29 is 14.3 Å². The summed E-state index contributed by atoms with van der Waals surface area (Å²) < 4.78 is 5.35. The van der Waals surface area contributed by atoms with Gasteiger partial charge in [-0.15, -0.1) is 0 Å². The number of nitrogens with zero attached hydrogens (tertiary/aromatic N) is 1. The number of aldehydes is 1. The van der Waals surface area contributed by atoms with E-state index in [1.165, 1.54) is 0 Å². The third kappa shape index (κ3) is 5.07. The maximum absolute atomic E-state index is 11.8. The summed E-state index contributed by atoms with van der Waals surface area (Å²) in [5.74, 6) is 0.687. The first kappa shape index (κ1) is 15.0. The van der Waals surface area contributed by atoms with Crippen molar-refractivity contribution in [3.63, 3.8) is 0 Å². The second kappa shape index (κ2) is 6.21. The van der Waals surface area contributed by atoms with Crippen molar-refractivity contribution in [2.45, 2.75) is 52.6 Å². The molecule has 0 N–H and O–H groups in total. The lowest BCUT2D eigenvalue weighted by Gasteiger charge is -2.33. The summed E-state index contributed by atoms with van der Waals surface area (Å²) in [4.78, 5) is 24.2. The molecule has 0 saturated carbocycles. The fourth-order valence-electron chi connectivity index (χ4n) is 2.26. The molecule has 1 unspecified atom stereocenters. The minimum Gasteiger partial charge on any atom is -0.444 e. The van der Waals surface area contributed by atoms with E-state index in [2.05, 4.69) is 0 Å². The molecule has 104 valence electrons. The summed E-state index contributed by atoms with van der Waals surface area (Å²) in [6.07, 6.45) is 3.67. The molecule has 0 aromatic heterocycles. The highest BCUT2D eigenvalue weighted by molar-refractivity contribution is 5.68. The van der Waals surface area contributed by atoms with Crippen LogP contribution in [0.2, 0.25) is 0 Å². The van der Waals surface area contributed by atoms with Gasteiger partial charge in [-0.3, -0.25) is 0 Å². The first-order valence-corrected chi connectivity index (χ1v) is 6.75. The van der Waals surface area contributed by atoms with Gasteiger partial charge in [0.1, 0.15) is 11.9 Å². The molecule has 0 aromatic carbocycles. The first-order chi connectivity index (χ1) is 8.31. The lowest BCUT2D eigenvalue weighted by Crippen LogP contribution is -2.41. The monoisotopic (exact) mass is 255 g/mol. The second-order valence-corrected chi connectivity index (χ2v) is 6.26. The van der Waals surface area contributed by atoms with Gasteiger partial charge in [0.05, 0.1) is 0 Å². The number of amides is 1. The third-order valence-electron chi connectivity index (χ3n) is 3.20. The summed E-state index contributed by atoms with van der Waals surface area (Å²) in [6.45, 7) is 9.07. The Bertz CT molecular complexity index is 288. The van der Waals surface area contributed by atoms with Crippen LogP contribution in [0.4, 0.5) is 4.79 Å². The summed E-state index contributed by atoms with van der Waals surface area (Å²) in [7, 11) is 0. The van der Waals surface area contributed by atoms with Crippen LogP contribution in [0.1, 0.15) is 47.0 Å². The molecule has 1 amide bonds. The molecule has 0 radical (unpaired) electrons. The number of likely N-dealkylation sites (tertiary alicyclic amines) is 1. The molecule has 0 aliphatic carbocycles. The maximum Gasteiger partial charge on any atom is 0.410 e. The Kier molecular flexibility index (Phi) is 5.17. The summed E-state index contributed by atoms with van der Waals surface area (Å²) >= 11 is 0. The molecule has 1 atom stereocenters. The molecule has 0 aromatic rings. The van der Waals surface area contributed by atoms with Gasteiger partial charge in [-0.1, -0.05) is 6.92 Å². The Morgan fingerprint density at radius 3 is 2.39 bits per heavy atom. The topological polar surface area (TPSA) is 46.6 Å². The highest BCUT2D eigenvalue weighted by Gasteiger charge is 2.27. The summed E-state index contributed by atoms with van der Waals surface area (Å²) in [5, 5.41) is 0. The molecule has 1 aliphatic heterocycles. The van der Waals surface area contributed by atoms with Gasteiger partial charge in [0.2, 0.25) is 0 Å². The molecular formula is C14H25NO3. The number of ether oxygens (including phenoxy) is 1. The molecule has 18 heavy (non-hydrogen) atoms. The Morgan fingerprint density at radius 1 is 1.39 bits per heavy atom. The highest BCUT2D eigenvalue weighted by atomic mass is 16.6. The summed E-state index contributed by atoms with van der Waals surface area (Å²) in [5.41, 5.74) is -0.431. The van der Waals surface area contributed by atoms with Crippen LogP contribution < -0.4 is 0 Å². The average molecular weight is 255 g/mol. The molecule has 1 saturated heterocycles. The van der Waals surface area contributed by atoms with Crippen molar-refractivity contribution in [2.24, 2.45) is 11.8 Å². The molecule has 4 nitrogen and oxygen atoms in total. The lowest BCUT2D eigenvalue weighted by atomic mass is 9.88. The normalized spacial score (nSPS) is 19.4. The number of rotatable bonds is 3. The predicted octanol–water partition coefficient (Wildman–Crippen LogP) is 2.86. The van der Waals surface area contributed by atoms with Crippen LogP contribution in [0.15, 0.2) is 0 Å². The molecule has 1 heterocycles. The van der Waals surface area contributed by atoms with Crippen molar-refractivity contribution in [3.8, 4) is 0 Å². The Labute approximate surface area is 110 Å². The van der Waals surface area contributed by atoms with Crippen molar-refractivity contribution in [1.29, 1.82) is 0 Å². The first-order valence-electron chi connectivity index (χ1n) is 6.75. The third-order valence-corrected chi connectivity index (χ3v) is 3.20. The molecule has 1 rings (SSSR count). The van der Waals surface area contributed by atoms with Gasteiger partial charge in [-0.25, -0.2) is 4.79 Å². The van der Waals surface area contributed by atoms with Gasteiger partial charge in [-0.05, 0) is 46.0 Å². The van der Waals surface area contributed by atoms with Gasteiger partial charge < -0.3 is 14.4 Å². The lowest BCUT2D eigenvalue weighted by molar-refractivity contribution is -0.111. The van der Waals surface area contributed by atoms with Crippen molar-refractivity contribution in [1.82, 2.24) is 4.90 Å². The smallest absolute Gasteiger partial charge is 0.410 e. The zero-order chi connectivity index (χ0) is 13.8. The van der Waals surface area contributed by atoms with Crippen molar-refractivity contribution in [3.05, 3.63) is 0 Å². The standard InChI is InChI=1S/C14H25NO3/c1-11(10-16)9-12-5-7-15(8-6-12)13(17)18-14(2,3)4/h10-12H,5-9H2,1-4H3. The van der Waals surface area contributed by atoms with Gasteiger partial charge in [0, 0.05) is 19.0 Å². The van der Waals surface area contributed by atoms with Gasteiger partial charge in [-0.2, -0.15) is 0 Å². The number of carbonyl (C=O) groups is 2. The van der Waals surface area contributed by atoms with E-state index >= 15 is 0 Å². The van der Waals surface area contributed by atoms with Crippen LogP contribution in [0.3, 0.4) is 0 Å². The fourth-order valence-corrected chi connectivity index (χ4v) is 2.26. The average Bonchev–Trinajstić information content (AvgIpc) is 2.27. The molecule has 0 bridgehead atoms. The minimum atomic E-state index is -0.431. The molecule has 4 heteroatoms. The van der Waals surface area contributed by atoms with E-state index in [9.17, 15) is 9.59 Å². The maximum atomic E-state index is 11.8.